The number of hydrogen-bond donors (Lipinski definition) is 1. The number of aromatic nitrogens is 1. The summed E-state index contributed by atoms with van der Waals surface area (Å²) in [7, 11) is 0. The van der Waals surface area contributed by atoms with Gasteiger partial charge in [-0.15, -0.1) is 0 Å². The van der Waals surface area contributed by atoms with Crippen LogP contribution in [0, 0.1) is 33.9 Å². The molecule has 1 saturated carbocycles. The van der Waals surface area contributed by atoms with Gasteiger partial charge in [-0.3, -0.25) is 4.79 Å². The average molecular weight is 501 g/mol. The average Bonchev–Trinajstić information content (AvgIpc) is 3.31. The fraction of sp³-hybridized carbons (Fsp3) is 0.500. The van der Waals surface area contributed by atoms with E-state index in [1.807, 2.05) is 0 Å². The summed E-state index contributed by atoms with van der Waals surface area (Å²) in [5.74, 6) is 0.853. The van der Waals surface area contributed by atoms with E-state index in [2.05, 4.69) is 31.4 Å². The normalized spacial score (nSPS) is 25.1. The quantitative estimate of drug-likeness (QED) is 0.615. The Hall–Kier alpha value is -3.24. The molecule has 3 heterocycles. The number of nitriles is 1. The summed E-state index contributed by atoms with van der Waals surface area (Å²) in [6.45, 7) is 12.6. The molecule has 6 nitrogen and oxygen atoms in total. The standard InChI is InChI=1S/C30H33FN4O2/c1-5-24(37)35-15-30(16-35)9-10-34(14-30)28-21(13-32)25(26-19(17(2)36)7-6-8-23(26)31)20-11-18-12-22(27(20)33-28)29(18,3)4/h5-8,17-18,22,36H,1,9-12,14-16H2,2-4H3/t17?,18-,22-/m0/s1. The number of amides is 1. The minimum atomic E-state index is -0.877. The Bertz CT molecular complexity index is 1370. The number of carbonyl (C=O) groups excluding carboxylic acids is 1. The third kappa shape index (κ3) is 3.38. The molecule has 1 amide bonds. The monoisotopic (exact) mass is 500 g/mol. The topological polar surface area (TPSA) is 80.5 Å². The number of aliphatic hydroxyl groups excluding tert-OH is 1. The number of halogens is 1. The van der Waals surface area contributed by atoms with E-state index in [4.69, 9.17) is 4.98 Å². The fourth-order valence-electron chi connectivity index (χ4n) is 7.38. The Balaban J connectivity index is 1.51. The summed E-state index contributed by atoms with van der Waals surface area (Å²) in [6, 6.07) is 7.17. The van der Waals surface area contributed by atoms with Crippen molar-refractivity contribution in [1.29, 1.82) is 5.26 Å². The molecule has 3 aliphatic carbocycles. The lowest BCUT2D eigenvalue weighted by Gasteiger charge is -2.57. The zero-order valence-electron chi connectivity index (χ0n) is 21.7. The third-order valence-electron chi connectivity index (χ3n) is 9.70. The lowest BCUT2D eigenvalue weighted by molar-refractivity contribution is -0.136. The minimum absolute atomic E-state index is 0.0211. The van der Waals surface area contributed by atoms with Crippen LogP contribution in [0.15, 0.2) is 30.9 Å². The van der Waals surface area contributed by atoms with Crippen molar-refractivity contribution in [3.8, 4) is 17.2 Å². The highest BCUT2D eigenvalue weighted by Gasteiger charge is 2.55. The number of benzene rings is 1. The van der Waals surface area contributed by atoms with Gasteiger partial charge in [0.2, 0.25) is 5.91 Å². The predicted octanol–water partition coefficient (Wildman–Crippen LogP) is 4.72. The molecule has 7 heteroatoms. The molecule has 192 valence electrons. The Morgan fingerprint density at radius 2 is 2.08 bits per heavy atom. The van der Waals surface area contributed by atoms with E-state index >= 15 is 4.39 Å². The van der Waals surface area contributed by atoms with Crippen LogP contribution in [0.25, 0.3) is 11.1 Å². The van der Waals surface area contributed by atoms with Gasteiger partial charge in [0, 0.05) is 48.6 Å². The Morgan fingerprint density at radius 1 is 1.32 bits per heavy atom. The molecule has 3 atom stereocenters. The first-order valence-electron chi connectivity index (χ1n) is 13.2. The second-order valence-electron chi connectivity index (χ2n) is 12.1. The molecule has 2 aromatic rings. The number of carbonyl (C=O) groups is 1. The molecule has 1 spiro atoms. The van der Waals surface area contributed by atoms with E-state index in [0.29, 0.717) is 53.6 Å². The van der Waals surface area contributed by atoms with E-state index < -0.39 is 11.9 Å². The summed E-state index contributed by atoms with van der Waals surface area (Å²) in [5.41, 5.74) is 3.85. The van der Waals surface area contributed by atoms with Crippen molar-refractivity contribution in [3.63, 3.8) is 0 Å². The molecule has 1 aromatic heterocycles. The second-order valence-corrected chi connectivity index (χ2v) is 12.1. The highest BCUT2D eigenvalue weighted by atomic mass is 19.1. The van der Waals surface area contributed by atoms with Gasteiger partial charge in [-0.25, -0.2) is 9.37 Å². The smallest absolute Gasteiger partial charge is 0.245 e. The maximum Gasteiger partial charge on any atom is 0.245 e. The second kappa shape index (κ2) is 8.13. The number of anilines is 1. The highest BCUT2D eigenvalue weighted by Crippen LogP contribution is 2.63. The zero-order valence-corrected chi connectivity index (χ0v) is 21.7. The van der Waals surface area contributed by atoms with Gasteiger partial charge >= 0.3 is 0 Å². The molecule has 5 aliphatic rings. The van der Waals surface area contributed by atoms with Crippen molar-refractivity contribution in [2.24, 2.45) is 16.7 Å². The molecule has 3 fully saturated rings. The van der Waals surface area contributed by atoms with Crippen molar-refractivity contribution in [3.05, 3.63) is 59.1 Å². The number of likely N-dealkylation sites (tertiary alicyclic amines) is 1. The van der Waals surface area contributed by atoms with Crippen molar-refractivity contribution in [2.45, 2.75) is 52.1 Å². The maximum absolute atomic E-state index is 15.6. The minimum Gasteiger partial charge on any atom is -0.389 e. The van der Waals surface area contributed by atoms with Gasteiger partial charge in [-0.1, -0.05) is 32.6 Å². The first kappa shape index (κ1) is 24.1. The van der Waals surface area contributed by atoms with E-state index in [0.717, 1.165) is 37.1 Å². The molecular formula is C30H33FN4O2. The van der Waals surface area contributed by atoms with Crippen LogP contribution in [0.1, 0.15) is 68.0 Å². The lowest BCUT2D eigenvalue weighted by Crippen LogP contribution is -2.59. The van der Waals surface area contributed by atoms with Crippen LogP contribution in [0.5, 0.6) is 0 Å². The Labute approximate surface area is 217 Å². The van der Waals surface area contributed by atoms with Crippen molar-refractivity contribution < 1.29 is 14.3 Å². The Kier molecular flexibility index (Phi) is 5.30. The van der Waals surface area contributed by atoms with Crippen LogP contribution in [0.2, 0.25) is 0 Å². The fourth-order valence-corrected chi connectivity index (χ4v) is 7.38. The third-order valence-corrected chi connectivity index (χ3v) is 9.70. The van der Waals surface area contributed by atoms with Crippen LogP contribution in [0.3, 0.4) is 0 Å². The van der Waals surface area contributed by atoms with Crippen molar-refractivity contribution in [1.82, 2.24) is 9.88 Å². The number of pyridine rings is 1. The number of rotatable bonds is 4. The molecule has 1 N–H and O–H groups in total. The van der Waals surface area contributed by atoms with Crippen LogP contribution in [-0.2, 0) is 11.2 Å². The molecule has 2 aliphatic heterocycles. The summed E-state index contributed by atoms with van der Waals surface area (Å²) in [5, 5.41) is 21.1. The van der Waals surface area contributed by atoms with Gasteiger partial charge in [0.05, 0.1) is 11.8 Å². The molecule has 0 radical (unpaired) electrons. The summed E-state index contributed by atoms with van der Waals surface area (Å²) >= 11 is 0. The molecular weight excluding hydrogens is 467 g/mol. The van der Waals surface area contributed by atoms with Crippen LogP contribution in [-0.4, -0.2) is 47.1 Å². The largest absolute Gasteiger partial charge is 0.389 e. The first-order valence-corrected chi connectivity index (χ1v) is 13.2. The molecule has 37 heavy (non-hydrogen) atoms. The highest BCUT2D eigenvalue weighted by molar-refractivity contribution is 5.88. The SMILES string of the molecule is C=CC(=O)N1CC2(CCN(c3nc4c(c(-c5c(F)cccc5C(C)O)c3C#N)C[C@H]3C[C@@H]4C3(C)C)C2)C1. The lowest BCUT2D eigenvalue weighted by atomic mass is 9.48. The van der Waals surface area contributed by atoms with Crippen molar-refractivity contribution in [2.75, 3.05) is 31.1 Å². The van der Waals surface area contributed by atoms with Gasteiger partial charge in [-0.2, -0.15) is 5.26 Å². The van der Waals surface area contributed by atoms with E-state index in [1.165, 1.54) is 12.1 Å². The van der Waals surface area contributed by atoms with Gasteiger partial charge in [0.25, 0.3) is 0 Å². The van der Waals surface area contributed by atoms with E-state index in [1.54, 1.807) is 24.0 Å². The van der Waals surface area contributed by atoms with Gasteiger partial charge in [0.15, 0.2) is 0 Å². The van der Waals surface area contributed by atoms with Gasteiger partial charge in [0.1, 0.15) is 23.3 Å². The van der Waals surface area contributed by atoms with Crippen molar-refractivity contribution >= 4 is 11.7 Å². The summed E-state index contributed by atoms with van der Waals surface area (Å²) < 4.78 is 15.6. The number of nitrogens with zero attached hydrogens (tertiary/aromatic N) is 4. The predicted molar refractivity (Wildman–Crippen MR) is 139 cm³/mol. The maximum atomic E-state index is 15.6. The van der Waals surface area contributed by atoms with E-state index in [-0.39, 0.29) is 22.7 Å². The summed E-state index contributed by atoms with van der Waals surface area (Å²) in [4.78, 5) is 21.2. The first-order chi connectivity index (χ1) is 17.6. The summed E-state index contributed by atoms with van der Waals surface area (Å²) in [6.07, 6.45) is 3.19. The van der Waals surface area contributed by atoms with Crippen LogP contribution < -0.4 is 4.90 Å². The van der Waals surface area contributed by atoms with E-state index in [9.17, 15) is 15.2 Å². The van der Waals surface area contributed by atoms with Crippen LogP contribution >= 0.6 is 0 Å². The molecule has 7 rings (SSSR count). The molecule has 2 saturated heterocycles. The Morgan fingerprint density at radius 3 is 2.73 bits per heavy atom. The van der Waals surface area contributed by atoms with Gasteiger partial charge < -0.3 is 14.9 Å². The molecule has 2 bridgehead atoms. The number of hydrogen-bond acceptors (Lipinski definition) is 5. The number of aliphatic hydroxyl groups is 1. The van der Waals surface area contributed by atoms with Crippen LogP contribution in [0.4, 0.5) is 10.2 Å². The molecule has 1 unspecified atom stereocenters. The molecule has 1 aromatic carbocycles. The zero-order chi connectivity index (χ0) is 26.3. The van der Waals surface area contributed by atoms with Gasteiger partial charge in [-0.05, 0) is 60.8 Å².